The highest BCUT2D eigenvalue weighted by Crippen LogP contribution is 2.47. The van der Waals surface area contributed by atoms with Crippen molar-refractivity contribution in [1.29, 1.82) is 0 Å². The Morgan fingerprint density at radius 1 is 0.570 bits per heavy atom. The summed E-state index contributed by atoms with van der Waals surface area (Å²) in [5.41, 5.74) is 15.1. The van der Waals surface area contributed by atoms with Crippen LogP contribution in [-0.2, 0) is 22.3 Å². The number of aromatic nitrogens is 7. The van der Waals surface area contributed by atoms with E-state index in [1.807, 2.05) is 30.5 Å². The second-order valence-electron chi connectivity index (χ2n) is 19.6. The van der Waals surface area contributed by atoms with Crippen molar-refractivity contribution in [2.45, 2.75) is 17.5 Å². The molecule has 79 heavy (non-hydrogen) atoms. The van der Waals surface area contributed by atoms with Gasteiger partial charge in [-0.15, -0.1) is 0 Å². The summed E-state index contributed by atoms with van der Waals surface area (Å²) in [5, 5.41) is 3.97. The number of hydrogen-bond acceptors (Lipinski definition) is 5. The minimum absolute atomic E-state index is 0.290. The number of amides is 1. The van der Waals surface area contributed by atoms with E-state index in [-0.39, 0.29) is 5.91 Å². The molecule has 9 nitrogen and oxygen atoms in total. The van der Waals surface area contributed by atoms with Gasteiger partial charge in [0.05, 0.1) is 27.4 Å². The van der Waals surface area contributed by atoms with Crippen molar-refractivity contribution in [3.8, 4) is 22.5 Å². The predicted octanol–water partition coefficient (Wildman–Crippen LogP) is 15.8. The minimum atomic E-state index is -0.866. The SMILES string of the molecule is C=CC(=O)Nc1cccc(-c2cnc3c(n2)c(-c2cc4ccc(Cc5cccc(C(c6ccccc6)(c6ccccc6)n6cc(I)c7nc(Br)cnc76)c5)cc4[nH]2)cn3C(c2ccccc2)(c2ccccc2)c2ccccc2)c1. The average Bonchev–Trinajstić information content (AvgIpc) is 4.16. The largest absolute Gasteiger partial charge is 0.354 e. The van der Waals surface area contributed by atoms with Crippen LogP contribution in [0, 0.1) is 3.57 Å². The molecule has 0 spiro atoms. The van der Waals surface area contributed by atoms with E-state index in [0.29, 0.717) is 28.1 Å². The van der Waals surface area contributed by atoms with Gasteiger partial charge in [0.25, 0.3) is 0 Å². The number of carbonyl (C=O) groups excluding carboxylic acids is 1. The van der Waals surface area contributed by atoms with Crippen LogP contribution in [-0.4, -0.2) is 40.0 Å². The predicted molar refractivity (Wildman–Crippen MR) is 329 cm³/mol. The first-order valence-electron chi connectivity index (χ1n) is 25.9. The van der Waals surface area contributed by atoms with Crippen molar-refractivity contribution < 1.29 is 4.79 Å². The highest BCUT2D eigenvalue weighted by Gasteiger charge is 2.42. The van der Waals surface area contributed by atoms with Gasteiger partial charge in [-0.1, -0.05) is 207 Å². The van der Waals surface area contributed by atoms with E-state index in [2.05, 4.69) is 277 Å². The molecule has 0 unspecified atom stereocenters. The van der Waals surface area contributed by atoms with Gasteiger partial charge in [0.15, 0.2) is 11.3 Å². The molecule has 380 valence electrons. The van der Waals surface area contributed by atoms with Gasteiger partial charge in [-0.2, -0.15) is 0 Å². The summed E-state index contributed by atoms with van der Waals surface area (Å²) < 4.78 is 6.30. The summed E-state index contributed by atoms with van der Waals surface area (Å²) in [7, 11) is 0. The first kappa shape index (κ1) is 49.5. The molecular weight excluding hydrogens is 1150 g/mol. The van der Waals surface area contributed by atoms with Crippen molar-refractivity contribution >= 4 is 83.3 Å². The van der Waals surface area contributed by atoms with Crippen LogP contribution in [0.2, 0.25) is 0 Å². The van der Waals surface area contributed by atoms with E-state index in [0.717, 1.165) is 92.5 Å². The summed E-state index contributed by atoms with van der Waals surface area (Å²) in [4.78, 5) is 37.0. The number of carbonyl (C=O) groups is 1. The lowest BCUT2D eigenvalue weighted by Crippen LogP contribution is -2.37. The van der Waals surface area contributed by atoms with E-state index in [9.17, 15) is 4.79 Å². The fraction of sp³-hybridized carbons (Fsp3) is 0.0441. The molecule has 0 saturated carbocycles. The van der Waals surface area contributed by atoms with Crippen LogP contribution < -0.4 is 5.32 Å². The molecule has 0 radical (unpaired) electrons. The standard InChI is InChI=1S/C68H48BrIN8O/c1-2-62(79)73-55-33-19-21-47(39-55)60-41-71-65-63(75-60)56(43-77(65)67(49-22-8-3-9-23-49,50-24-10-4-11-25-50)51-26-12-5-13-27-51)59-40-48-35-34-46(38-58(48)74-59)36-45-20-18-32-54(37-45)68(52-28-14-6-15-29-52,53-30-16-7-17-31-53)78-44-57(70)64-66(78)72-42-61(69)76-64/h2-35,37-44,74H,1,36H2,(H,73,79). The molecule has 11 heteroatoms. The molecule has 8 aromatic carbocycles. The molecule has 2 N–H and O–H groups in total. The van der Waals surface area contributed by atoms with Gasteiger partial charge in [-0.05, 0) is 120 Å². The monoisotopic (exact) mass is 1200 g/mol. The summed E-state index contributed by atoms with van der Waals surface area (Å²) in [6.07, 6.45) is 9.94. The lowest BCUT2D eigenvalue weighted by Gasteiger charge is -2.38. The Morgan fingerprint density at radius 2 is 1.10 bits per heavy atom. The van der Waals surface area contributed by atoms with E-state index in [4.69, 9.17) is 19.9 Å². The Kier molecular flexibility index (Phi) is 13.0. The molecule has 0 aliphatic rings. The van der Waals surface area contributed by atoms with E-state index >= 15 is 0 Å². The van der Waals surface area contributed by atoms with Crippen LogP contribution in [0.4, 0.5) is 5.69 Å². The number of halogens is 2. The highest BCUT2D eigenvalue weighted by atomic mass is 127. The van der Waals surface area contributed by atoms with Crippen molar-refractivity contribution in [2.75, 3.05) is 5.32 Å². The maximum atomic E-state index is 12.4. The summed E-state index contributed by atoms with van der Waals surface area (Å²) in [5.74, 6) is -0.290. The van der Waals surface area contributed by atoms with Gasteiger partial charge in [0, 0.05) is 40.1 Å². The number of aromatic amines is 1. The number of anilines is 1. The number of nitrogens with one attached hydrogen (secondary N) is 2. The van der Waals surface area contributed by atoms with E-state index in [1.165, 1.54) is 6.08 Å². The van der Waals surface area contributed by atoms with Gasteiger partial charge in [-0.25, -0.2) is 19.9 Å². The first-order chi connectivity index (χ1) is 38.8. The number of H-pyrrole nitrogens is 1. The molecule has 0 atom stereocenters. The minimum Gasteiger partial charge on any atom is -0.354 e. The van der Waals surface area contributed by atoms with Gasteiger partial charge >= 0.3 is 0 Å². The normalized spacial score (nSPS) is 11.8. The van der Waals surface area contributed by atoms with Gasteiger partial charge in [0.2, 0.25) is 5.91 Å². The molecular formula is C68H48BrIN8O. The third kappa shape index (κ3) is 8.75. The Balaban J connectivity index is 0.961. The number of fused-ring (bicyclic) bond motifs is 3. The second-order valence-corrected chi connectivity index (χ2v) is 21.5. The summed E-state index contributed by atoms with van der Waals surface area (Å²) >= 11 is 5.97. The Morgan fingerprint density at radius 3 is 1.71 bits per heavy atom. The zero-order chi connectivity index (χ0) is 53.5. The molecule has 13 aromatic rings. The molecule has 0 bridgehead atoms. The van der Waals surface area contributed by atoms with Crippen molar-refractivity contribution in [1.82, 2.24) is 34.1 Å². The number of hydrogen-bond donors (Lipinski definition) is 2. The smallest absolute Gasteiger partial charge is 0.247 e. The lowest BCUT2D eigenvalue weighted by molar-refractivity contribution is -0.111. The maximum Gasteiger partial charge on any atom is 0.247 e. The van der Waals surface area contributed by atoms with Gasteiger partial charge in [0.1, 0.15) is 26.7 Å². The highest BCUT2D eigenvalue weighted by molar-refractivity contribution is 14.1. The molecule has 0 fully saturated rings. The Labute approximate surface area is 478 Å². The average molecular weight is 1200 g/mol. The van der Waals surface area contributed by atoms with Crippen molar-refractivity contribution in [2.24, 2.45) is 0 Å². The number of nitrogens with zero attached hydrogens (tertiary/aromatic N) is 6. The Hall–Kier alpha value is -9.04. The van der Waals surface area contributed by atoms with Gasteiger partial charge < -0.3 is 19.4 Å². The molecule has 0 aliphatic heterocycles. The zero-order valence-electron chi connectivity index (χ0n) is 42.5. The van der Waals surface area contributed by atoms with Crippen LogP contribution in [0.15, 0.2) is 267 Å². The van der Waals surface area contributed by atoms with Crippen LogP contribution >= 0.6 is 38.5 Å². The topological polar surface area (TPSA) is 106 Å². The lowest BCUT2D eigenvalue weighted by atomic mass is 9.76. The first-order valence-corrected chi connectivity index (χ1v) is 27.8. The fourth-order valence-electron chi connectivity index (χ4n) is 11.5. The number of benzene rings is 8. The summed E-state index contributed by atoms with van der Waals surface area (Å²) in [6.45, 7) is 3.64. The maximum absolute atomic E-state index is 12.4. The summed E-state index contributed by atoms with van der Waals surface area (Å²) in [6, 6.07) is 78.8. The zero-order valence-corrected chi connectivity index (χ0v) is 46.3. The van der Waals surface area contributed by atoms with Crippen LogP contribution in [0.3, 0.4) is 0 Å². The van der Waals surface area contributed by atoms with E-state index < -0.39 is 11.1 Å². The third-order valence-electron chi connectivity index (χ3n) is 14.9. The molecule has 13 rings (SSSR count). The van der Waals surface area contributed by atoms with Crippen LogP contribution in [0.25, 0.3) is 55.7 Å². The molecule has 5 heterocycles. The van der Waals surface area contributed by atoms with E-state index in [1.54, 1.807) is 6.20 Å². The molecule has 1 amide bonds. The second kappa shape index (κ2) is 20.7. The molecule has 0 saturated heterocycles. The third-order valence-corrected chi connectivity index (χ3v) is 16.1. The van der Waals surface area contributed by atoms with Crippen LogP contribution in [0.5, 0.6) is 0 Å². The van der Waals surface area contributed by atoms with Crippen molar-refractivity contribution in [3.63, 3.8) is 0 Å². The fourth-order valence-corrected chi connectivity index (χ4v) is 12.4. The number of rotatable bonds is 14. The molecule has 0 aliphatic carbocycles. The Bertz CT molecular complexity index is 4250. The molecule has 5 aromatic heterocycles. The van der Waals surface area contributed by atoms with Crippen molar-refractivity contribution in [3.05, 3.63) is 315 Å². The van der Waals surface area contributed by atoms with Crippen LogP contribution in [0.1, 0.15) is 44.5 Å². The quantitative estimate of drug-likeness (QED) is 0.0641. The van der Waals surface area contributed by atoms with Gasteiger partial charge in [-0.3, -0.25) is 4.79 Å².